The highest BCUT2D eigenvalue weighted by atomic mass is 79.9. The second kappa shape index (κ2) is 6.32. The number of nitrogens with zero attached hydrogens (tertiary/aromatic N) is 1. The number of amides is 1. The lowest BCUT2D eigenvalue weighted by atomic mass is 10.1. The van der Waals surface area contributed by atoms with E-state index in [4.69, 9.17) is 18.0 Å². The van der Waals surface area contributed by atoms with Crippen LogP contribution < -0.4 is 10.6 Å². The van der Waals surface area contributed by atoms with Crippen LogP contribution in [0.1, 0.15) is 15.9 Å². The highest BCUT2D eigenvalue weighted by Crippen LogP contribution is 2.23. The first-order valence-corrected chi connectivity index (χ1v) is 7.24. The summed E-state index contributed by atoms with van der Waals surface area (Å²) in [6.45, 7) is 0. The van der Waals surface area contributed by atoms with Crippen LogP contribution in [0.25, 0.3) is 0 Å². The highest BCUT2D eigenvalue weighted by Gasteiger charge is 2.18. The zero-order chi connectivity index (χ0) is 15.6. The number of nitrogens with two attached hydrogens (primary N) is 1. The van der Waals surface area contributed by atoms with Crippen molar-refractivity contribution in [3.63, 3.8) is 0 Å². The monoisotopic (exact) mass is 366 g/mol. The molecule has 108 valence electrons. The van der Waals surface area contributed by atoms with Gasteiger partial charge in [0.1, 0.15) is 10.8 Å². The van der Waals surface area contributed by atoms with Crippen molar-refractivity contribution in [3.8, 4) is 0 Å². The molecular weight excluding hydrogens is 355 g/mol. The molecule has 0 heterocycles. The van der Waals surface area contributed by atoms with Gasteiger partial charge in [-0.1, -0.05) is 24.4 Å². The Morgan fingerprint density at radius 2 is 1.95 bits per heavy atom. The van der Waals surface area contributed by atoms with E-state index in [0.717, 1.165) is 0 Å². The van der Waals surface area contributed by atoms with Gasteiger partial charge in [0, 0.05) is 18.2 Å². The second-order valence-corrected chi connectivity index (χ2v) is 5.67. The van der Waals surface area contributed by atoms with Crippen LogP contribution in [-0.2, 0) is 0 Å². The molecule has 0 spiro atoms. The summed E-state index contributed by atoms with van der Waals surface area (Å²) in [5.41, 5.74) is 7.09. The Morgan fingerprint density at radius 3 is 2.57 bits per heavy atom. The Bertz CT molecular complexity index is 721. The molecule has 21 heavy (non-hydrogen) atoms. The Hall–Kier alpha value is -1.79. The number of hydrogen-bond donors (Lipinski definition) is 1. The lowest BCUT2D eigenvalue weighted by Gasteiger charge is -2.20. The van der Waals surface area contributed by atoms with Crippen molar-refractivity contribution >= 4 is 44.7 Å². The van der Waals surface area contributed by atoms with Gasteiger partial charge in [-0.2, -0.15) is 0 Å². The fourth-order valence-corrected chi connectivity index (χ4v) is 2.33. The Morgan fingerprint density at radius 1 is 1.29 bits per heavy atom. The molecule has 2 aromatic carbocycles. The summed E-state index contributed by atoms with van der Waals surface area (Å²) in [6.07, 6.45) is 0. The zero-order valence-electron chi connectivity index (χ0n) is 11.1. The summed E-state index contributed by atoms with van der Waals surface area (Å²) in [5, 5.41) is 0. The SMILES string of the molecule is CN(C(=O)c1ccc(Br)c(F)c1)c1ccccc1C(N)=S. The van der Waals surface area contributed by atoms with Crippen LogP contribution >= 0.6 is 28.1 Å². The van der Waals surface area contributed by atoms with Gasteiger partial charge in [-0.25, -0.2) is 4.39 Å². The summed E-state index contributed by atoms with van der Waals surface area (Å²) < 4.78 is 13.9. The van der Waals surface area contributed by atoms with E-state index < -0.39 is 5.82 Å². The van der Waals surface area contributed by atoms with Crippen molar-refractivity contribution in [3.05, 3.63) is 63.9 Å². The minimum absolute atomic E-state index is 0.201. The van der Waals surface area contributed by atoms with Crippen LogP contribution in [0, 0.1) is 5.82 Å². The number of para-hydroxylation sites is 1. The van der Waals surface area contributed by atoms with Crippen molar-refractivity contribution in [1.82, 2.24) is 0 Å². The molecule has 0 unspecified atom stereocenters. The number of hydrogen-bond acceptors (Lipinski definition) is 2. The summed E-state index contributed by atoms with van der Waals surface area (Å²) in [5.74, 6) is -0.831. The van der Waals surface area contributed by atoms with E-state index >= 15 is 0 Å². The first-order chi connectivity index (χ1) is 9.91. The van der Waals surface area contributed by atoms with Crippen molar-refractivity contribution < 1.29 is 9.18 Å². The average Bonchev–Trinajstić information content (AvgIpc) is 2.48. The average molecular weight is 367 g/mol. The van der Waals surface area contributed by atoms with Gasteiger partial charge in [0.15, 0.2) is 0 Å². The predicted molar refractivity (Wildman–Crippen MR) is 89.2 cm³/mol. The minimum atomic E-state index is -0.489. The van der Waals surface area contributed by atoms with Crippen LogP contribution in [0.15, 0.2) is 46.9 Å². The number of rotatable bonds is 3. The normalized spacial score (nSPS) is 10.2. The minimum Gasteiger partial charge on any atom is -0.389 e. The molecule has 0 radical (unpaired) electrons. The topological polar surface area (TPSA) is 46.3 Å². The van der Waals surface area contributed by atoms with Crippen LogP contribution in [0.3, 0.4) is 0 Å². The predicted octanol–water partition coefficient (Wildman–Crippen LogP) is 3.50. The fourth-order valence-electron chi connectivity index (χ4n) is 1.91. The standard InChI is InChI=1S/C15H12BrFN2OS/c1-19(13-5-3-2-4-10(13)14(18)21)15(20)9-6-7-11(16)12(17)8-9/h2-8H,1H3,(H2,18,21). The Balaban J connectivity index is 2.40. The molecule has 0 saturated heterocycles. The van der Waals surface area contributed by atoms with E-state index in [9.17, 15) is 9.18 Å². The van der Waals surface area contributed by atoms with Gasteiger partial charge in [-0.05, 0) is 46.3 Å². The summed E-state index contributed by atoms with van der Waals surface area (Å²) in [6, 6.07) is 11.3. The first-order valence-electron chi connectivity index (χ1n) is 6.03. The van der Waals surface area contributed by atoms with Crippen molar-refractivity contribution in [1.29, 1.82) is 0 Å². The van der Waals surface area contributed by atoms with Crippen LogP contribution in [0.5, 0.6) is 0 Å². The first kappa shape index (κ1) is 15.6. The molecule has 0 atom stereocenters. The molecule has 0 aliphatic rings. The number of anilines is 1. The van der Waals surface area contributed by atoms with E-state index in [1.807, 2.05) is 0 Å². The largest absolute Gasteiger partial charge is 0.389 e. The molecule has 6 heteroatoms. The molecule has 3 nitrogen and oxygen atoms in total. The second-order valence-electron chi connectivity index (χ2n) is 4.37. The number of benzene rings is 2. The molecule has 1 amide bonds. The van der Waals surface area contributed by atoms with Crippen molar-refractivity contribution in [2.45, 2.75) is 0 Å². The molecule has 0 aromatic heterocycles. The number of carbonyl (C=O) groups is 1. The molecule has 0 aliphatic carbocycles. The smallest absolute Gasteiger partial charge is 0.258 e. The van der Waals surface area contributed by atoms with Gasteiger partial charge in [0.2, 0.25) is 0 Å². The molecule has 2 rings (SSSR count). The van der Waals surface area contributed by atoms with E-state index in [1.54, 1.807) is 37.4 Å². The molecule has 0 saturated carbocycles. The number of carbonyl (C=O) groups excluding carboxylic acids is 1. The van der Waals surface area contributed by atoms with Gasteiger partial charge < -0.3 is 10.6 Å². The molecule has 2 aromatic rings. The van der Waals surface area contributed by atoms with Crippen molar-refractivity contribution in [2.24, 2.45) is 5.73 Å². The van der Waals surface area contributed by atoms with E-state index in [1.165, 1.54) is 17.0 Å². The lowest BCUT2D eigenvalue weighted by Crippen LogP contribution is -2.28. The highest BCUT2D eigenvalue weighted by molar-refractivity contribution is 9.10. The van der Waals surface area contributed by atoms with Crippen LogP contribution in [-0.4, -0.2) is 17.9 Å². The van der Waals surface area contributed by atoms with E-state index in [0.29, 0.717) is 15.7 Å². The molecule has 0 bridgehead atoms. The molecular formula is C15H12BrFN2OS. The quantitative estimate of drug-likeness (QED) is 0.845. The van der Waals surface area contributed by atoms with Gasteiger partial charge in [0.05, 0.1) is 10.2 Å². The number of halogens is 2. The van der Waals surface area contributed by atoms with Gasteiger partial charge in [0.25, 0.3) is 5.91 Å². The van der Waals surface area contributed by atoms with Crippen LogP contribution in [0.2, 0.25) is 0 Å². The van der Waals surface area contributed by atoms with Crippen LogP contribution in [0.4, 0.5) is 10.1 Å². The third-order valence-corrected chi connectivity index (χ3v) is 3.87. The van der Waals surface area contributed by atoms with E-state index in [-0.39, 0.29) is 16.5 Å². The third-order valence-electron chi connectivity index (χ3n) is 3.00. The summed E-state index contributed by atoms with van der Waals surface area (Å²) in [7, 11) is 1.60. The maximum atomic E-state index is 13.6. The summed E-state index contributed by atoms with van der Waals surface area (Å²) >= 11 is 8.04. The zero-order valence-corrected chi connectivity index (χ0v) is 13.5. The molecule has 0 fully saturated rings. The number of thiocarbonyl (C=S) groups is 1. The van der Waals surface area contributed by atoms with E-state index in [2.05, 4.69) is 15.9 Å². The van der Waals surface area contributed by atoms with Crippen molar-refractivity contribution in [2.75, 3.05) is 11.9 Å². The van der Waals surface area contributed by atoms with Gasteiger partial charge in [-0.3, -0.25) is 4.79 Å². The summed E-state index contributed by atoms with van der Waals surface area (Å²) in [4.78, 5) is 14.0. The molecule has 0 aliphatic heterocycles. The third kappa shape index (κ3) is 3.28. The van der Waals surface area contributed by atoms with Gasteiger partial charge >= 0.3 is 0 Å². The lowest BCUT2D eigenvalue weighted by molar-refractivity contribution is 0.0992. The maximum absolute atomic E-state index is 13.6. The Kier molecular flexibility index (Phi) is 4.69. The van der Waals surface area contributed by atoms with Gasteiger partial charge in [-0.15, -0.1) is 0 Å². The maximum Gasteiger partial charge on any atom is 0.258 e. The Labute approximate surface area is 135 Å². The fraction of sp³-hybridized carbons (Fsp3) is 0.0667. The molecule has 2 N–H and O–H groups in total.